The lowest BCUT2D eigenvalue weighted by Crippen LogP contribution is -2.32. The van der Waals surface area contributed by atoms with Gasteiger partial charge in [0, 0.05) is 18.8 Å². The Morgan fingerprint density at radius 2 is 1.90 bits per heavy atom. The highest BCUT2D eigenvalue weighted by molar-refractivity contribution is 5.48. The predicted molar refractivity (Wildman–Crippen MR) is 84.2 cm³/mol. The number of nitrogens with zero attached hydrogens (tertiary/aromatic N) is 4. The summed E-state index contributed by atoms with van der Waals surface area (Å²) < 4.78 is 0. The molecule has 0 fully saturated rings. The first kappa shape index (κ1) is 13.8. The lowest BCUT2D eigenvalue weighted by molar-refractivity contribution is 0.684. The van der Waals surface area contributed by atoms with Gasteiger partial charge in [-0.05, 0) is 42.5 Å². The second kappa shape index (κ2) is 5.68. The number of aryl methyl sites for hydroxylation is 2. The zero-order chi connectivity index (χ0) is 14.8. The summed E-state index contributed by atoms with van der Waals surface area (Å²) in [6.45, 7) is 5.92. The molecule has 1 aliphatic rings. The highest BCUT2D eigenvalue weighted by atomic mass is 15.3. The predicted octanol–water partition coefficient (Wildman–Crippen LogP) is 2.14. The van der Waals surface area contributed by atoms with Crippen molar-refractivity contribution in [3.05, 3.63) is 40.7 Å². The van der Waals surface area contributed by atoms with E-state index in [2.05, 4.69) is 41.1 Å². The molecule has 0 atom stereocenters. The van der Waals surface area contributed by atoms with Gasteiger partial charge in [-0.1, -0.05) is 19.9 Å². The standard InChI is InChI=1S/C16H21N5/c1-3-14-15(4-2)19-20-16(18-14)21-8-7-11-5-6-13(17)9-12(11)10-21/h5-6,9H,3-4,7-8,10,17H2,1-2H3. The van der Waals surface area contributed by atoms with Crippen LogP contribution in [0.3, 0.4) is 0 Å². The van der Waals surface area contributed by atoms with Crippen LogP contribution in [0.5, 0.6) is 0 Å². The molecule has 0 amide bonds. The molecule has 1 aliphatic heterocycles. The van der Waals surface area contributed by atoms with E-state index in [4.69, 9.17) is 10.7 Å². The van der Waals surface area contributed by atoms with Crippen molar-refractivity contribution in [2.45, 2.75) is 39.7 Å². The van der Waals surface area contributed by atoms with Crippen molar-refractivity contribution in [3.8, 4) is 0 Å². The highest BCUT2D eigenvalue weighted by Gasteiger charge is 2.19. The largest absolute Gasteiger partial charge is 0.399 e. The summed E-state index contributed by atoms with van der Waals surface area (Å²) in [5.74, 6) is 0.733. The van der Waals surface area contributed by atoms with E-state index in [-0.39, 0.29) is 0 Å². The molecule has 21 heavy (non-hydrogen) atoms. The zero-order valence-corrected chi connectivity index (χ0v) is 12.6. The van der Waals surface area contributed by atoms with Gasteiger partial charge in [-0.2, -0.15) is 5.10 Å². The van der Waals surface area contributed by atoms with Crippen molar-refractivity contribution in [3.63, 3.8) is 0 Å². The number of hydrogen-bond donors (Lipinski definition) is 1. The van der Waals surface area contributed by atoms with Crippen LogP contribution in [0.25, 0.3) is 0 Å². The van der Waals surface area contributed by atoms with Gasteiger partial charge in [0.1, 0.15) is 0 Å². The third-order valence-corrected chi connectivity index (χ3v) is 4.02. The van der Waals surface area contributed by atoms with Gasteiger partial charge in [0.25, 0.3) is 0 Å². The molecule has 2 N–H and O–H groups in total. The number of nitrogens with two attached hydrogens (primary N) is 1. The van der Waals surface area contributed by atoms with Crippen molar-refractivity contribution in [2.24, 2.45) is 0 Å². The Morgan fingerprint density at radius 3 is 2.67 bits per heavy atom. The minimum absolute atomic E-state index is 0.733. The molecule has 0 unspecified atom stereocenters. The van der Waals surface area contributed by atoms with Crippen LogP contribution >= 0.6 is 0 Å². The Balaban J connectivity index is 1.89. The first-order valence-electron chi connectivity index (χ1n) is 7.56. The SMILES string of the molecule is CCc1nnc(N2CCc3ccc(N)cc3C2)nc1CC. The summed E-state index contributed by atoms with van der Waals surface area (Å²) in [5.41, 5.74) is 11.4. The van der Waals surface area contributed by atoms with Crippen LogP contribution in [-0.2, 0) is 25.8 Å². The first-order chi connectivity index (χ1) is 10.2. The summed E-state index contributed by atoms with van der Waals surface area (Å²) in [6, 6.07) is 6.15. The lowest BCUT2D eigenvalue weighted by atomic mass is 9.99. The van der Waals surface area contributed by atoms with Crippen LogP contribution in [0.2, 0.25) is 0 Å². The van der Waals surface area contributed by atoms with E-state index >= 15 is 0 Å². The molecule has 0 saturated heterocycles. The fourth-order valence-corrected chi connectivity index (χ4v) is 2.81. The molecule has 110 valence electrons. The summed E-state index contributed by atoms with van der Waals surface area (Å²) in [5, 5.41) is 8.65. The van der Waals surface area contributed by atoms with Gasteiger partial charge in [-0.25, -0.2) is 4.98 Å². The molecule has 5 heteroatoms. The second-order valence-electron chi connectivity index (χ2n) is 5.41. The molecule has 0 radical (unpaired) electrons. The van der Waals surface area contributed by atoms with Crippen molar-refractivity contribution in [1.29, 1.82) is 0 Å². The molecule has 2 aromatic rings. The Labute approximate surface area is 125 Å². The molecule has 2 heterocycles. The summed E-state index contributed by atoms with van der Waals surface area (Å²) in [4.78, 5) is 6.89. The Morgan fingerprint density at radius 1 is 1.10 bits per heavy atom. The normalized spacial score (nSPS) is 14.1. The van der Waals surface area contributed by atoms with Gasteiger partial charge < -0.3 is 10.6 Å². The monoisotopic (exact) mass is 283 g/mol. The smallest absolute Gasteiger partial charge is 0.245 e. The Kier molecular flexibility index (Phi) is 3.73. The van der Waals surface area contributed by atoms with Gasteiger partial charge in [0.05, 0.1) is 11.4 Å². The molecule has 1 aromatic carbocycles. The minimum atomic E-state index is 0.733. The average molecular weight is 283 g/mol. The van der Waals surface area contributed by atoms with E-state index in [0.29, 0.717) is 0 Å². The Hall–Kier alpha value is -2.17. The molecule has 0 bridgehead atoms. The fraction of sp³-hybridized carbons (Fsp3) is 0.438. The van der Waals surface area contributed by atoms with Crippen molar-refractivity contribution in [2.75, 3.05) is 17.2 Å². The minimum Gasteiger partial charge on any atom is -0.399 e. The molecule has 1 aromatic heterocycles. The second-order valence-corrected chi connectivity index (χ2v) is 5.41. The maximum absolute atomic E-state index is 5.89. The summed E-state index contributed by atoms with van der Waals surface area (Å²) in [7, 11) is 0. The average Bonchev–Trinajstić information content (AvgIpc) is 2.53. The van der Waals surface area contributed by atoms with Gasteiger partial charge in [-0.3, -0.25) is 0 Å². The van der Waals surface area contributed by atoms with Crippen molar-refractivity contribution >= 4 is 11.6 Å². The van der Waals surface area contributed by atoms with Crippen molar-refractivity contribution in [1.82, 2.24) is 15.2 Å². The number of hydrogen-bond acceptors (Lipinski definition) is 5. The third-order valence-electron chi connectivity index (χ3n) is 4.02. The zero-order valence-electron chi connectivity index (χ0n) is 12.6. The molecular weight excluding hydrogens is 262 g/mol. The number of fused-ring (bicyclic) bond motifs is 1. The van der Waals surface area contributed by atoms with Gasteiger partial charge in [0.2, 0.25) is 5.95 Å². The summed E-state index contributed by atoms with van der Waals surface area (Å²) >= 11 is 0. The number of nitrogen functional groups attached to an aromatic ring is 1. The van der Waals surface area contributed by atoms with Crippen LogP contribution in [-0.4, -0.2) is 21.7 Å². The topological polar surface area (TPSA) is 67.9 Å². The lowest BCUT2D eigenvalue weighted by Gasteiger charge is -2.29. The van der Waals surface area contributed by atoms with E-state index in [9.17, 15) is 0 Å². The number of anilines is 2. The van der Waals surface area contributed by atoms with Crippen LogP contribution < -0.4 is 10.6 Å². The van der Waals surface area contributed by atoms with E-state index in [1.165, 1.54) is 11.1 Å². The maximum Gasteiger partial charge on any atom is 0.245 e. The molecule has 0 spiro atoms. The van der Waals surface area contributed by atoms with E-state index < -0.39 is 0 Å². The van der Waals surface area contributed by atoms with E-state index in [1.54, 1.807) is 0 Å². The molecule has 0 aliphatic carbocycles. The number of aromatic nitrogens is 3. The molecular formula is C16H21N5. The first-order valence-corrected chi connectivity index (χ1v) is 7.56. The molecule has 5 nitrogen and oxygen atoms in total. The van der Waals surface area contributed by atoms with Crippen LogP contribution in [0.4, 0.5) is 11.6 Å². The number of rotatable bonds is 3. The summed E-state index contributed by atoms with van der Waals surface area (Å²) in [6.07, 6.45) is 2.77. The fourth-order valence-electron chi connectivity index (χ4n) is 2.81. The third kappa shape index (κ3) is 2.68. The van der Waals surface area contributed by atoms with Crippen LogP contribution in [0.15, 0.2) is 18.2 Å². The van der Waals surface area contributed by atoms with Crippen LogP contribution in [0.1, 0.15) is 36.4 Å². The van der Waals surface area contributed by atoms with Crippen LogP contribution in [0, 0.1) is 0 Å². The van der Waals surface area contributed by atoms with Gasteiger partial charge in [0.15, 0.2) is 0 Å². The quantitative estimate of drug-likeness (QED) is 0.874. The number of benzene rings is 1. The maximum atomic E-state index is 5.89. The molecule has 0 saturated carbocycles. The van der Waals surface area contributed by atoms with Crippen molar-refractivity contribution < 1.29 is 0 Å². The molecule has 3 rings (SSSR count). The van der Waals surface area contributed by atoms with Gasteiger partial charge >= 0.3 is 0 Å². The Bertz CT molecular complexity index is 653. The van der Waals surface area contributed by atoms with Gasteiger partial charge in [-0.15, -0.1) is 5.10 Å². The van der Waals surface area contributed by atoms with E-state index in [1.807, 2.05) is 6.07 Å². The highest BCUT2D eigenvalue weighted by Crippen LogP contribution is 2.24. The van der Waals surface area contributed by atoms with E-state index in [0.717, 1.165) is 55.4 Å².